The first kappa shape index (κ1) is 28.3. The minimum Gasteiger partial charge on any atom is -0.456 e. The van der Waals surface area contributed by atoms with Crippen molar-refractivity contribution < 1.29 is 8.83 Å². The van der Waals surface area contributed by atoms with Gasteiger partial charge < -0.3 is 8.83 Å². The quantitative estimate of drug-likeness (QED) is 0.188. The average Bonchev–Trinajstić information content (AvgIpc) is 3.76. The zero-order valence-electron chi connectivity index (χ0n) is 26.9. The number of aromatic nitrogens is 2. The molecule has 234 valence electrons. The van der Waals surface area contributed by atoms with Crippen LogP contribution in [-0.2, 0) is 0 Å². The third-order valence-corrected chi connectivity index (χ3v) is 9.55. The van der Waals surface area contributed by atoms with Crippen LogP contribution in [0.3, 0.4) is 0 Å². The second-order valence-corrected chi connectivity index (χ2v) is 12.6. The first-order chi connectivity index (χ1) is 24.7. The first-order valence-corrected chi connectivity index (χ1v) is 16.7. The molecule has 4 heterocycles. The Morgan fingerprint density at radius 3 is 1.46 bits per heavy atom. The van der Waals surface area contributed by atoms with Crippen LogP contribution in [0.5, 0.6) is 0 Å². The van der Waals surface area contributed by atoms with Crippen LogP contribution in [0.2, 0.25) is 0 Å². The van der Waals surface area contributed by atoms with Crippen LogP contribution < -0.4 is 0 Å². The van der Waals surface area contributed by atoms with E-state index < -0.39 is 0 Å². The Morgan fingerprint density at radius 1 is 0.320 bits per heavy atom. The molecular formula is C46H28N2O2. The maximum atomic E-state index is 6.06. The Balaban J connectivity index is 0.968. The first-order valence-electron chi connectivity index (χ1n) is 16.7. The summed E-state index contributed by atoms with van der Waals surface area (Å²) < 4.78 is 12.0. The van der Waals surface area contributed by atoms with E-state index in [2.05, 4.69) is 145 Å². The van der Waals surface area contributed by atoms with Gasteiger partial charge in [0, 0.05) is 38.9 Å². The maximum Gasteiger partial charge on any atom is 0.227 e. The minimum absolute atomic E-state index is 0.664. The Morgan fingerprint density at radius 2 is 0.800 bits per heavy atom. The van der Waals surface area contributed by atoms with Crippen molar-refractivity contribution in [1.29, 1.82) is 0 Å². The summed E-state index contributed by atoms with van der Waals surface area (Å²) in [4.78, 5) is 9.54. The van der Waals surface area contributed by atoms with E-state index in [1.807, 2.05) is 24.3 Å². The van der Waals surface area contributed by atoms with E-state index in [-0.39, 0.29) is 0 Å². The molecule has 0 radical (unpaired) electrons. The number of pyridine rings is 2. The molecule has 0 spiro atoms. The summed E-state index contributed by atoms with van der Waals surface area (Å²) in [7, 11) is 0. The Hall–Kier alpha value is -6.78. The molecule has 4 nitrogen and oxygen atoms in total. The van der Waals surface area contributed by atoms with Gasteiger partial charge >= 0.3 is 0 Å². The molecule has 0 aliphatic heterocycles. The molecule has 0 bridgehead atoms. The highest BCUT2D eigenvalue weighted by Gasteiger charge is 2.12. The van der Waals surface area contributed by atoms with Gasteiger partial charge in [0.15, 0.2) is 0 Å². The molecule has 10 aromatic rings. The summed E-state index contributed by atoms with van der Waals surface area (Å²) in [5, 5.41) is 4.35. The number of fused-ring (bicyclic) bond motifs is 6. The molecule has 4 heteroatoms. The van der Waals surface area contributed by atoms with E-state index in [1.54, 1.807) is 6.20 Å². The molecule has 50 heavy (non-hydrogen) atoms. The lowest BCUT2D eigenvalue weighted by molar-refractivity contribution is 0.654. The van der Waals surface area contributed by atoms with Crippen molar-refractivity contribution in [2.75, 3.05) is 0 Å². The second-order valence-electron chi connectivity index (χ2n) is 12.6. The van der Waals surface area contributed by atoms with Gasteiger partial charge in [-0.3, -0.25) is 0 Å². The standard InChI is InChI=1S/C46H28N2O2/c1-2-18-43-37(14-1)39-27-33(19-21-44(39)49-43)32-11-5-13-36(26-32)42-17-6-16-41(48-42)35-12-4-10-31(25-35)29-8-3-9-30(24-29)34-20-22-45-40(28-34)38-15-7-23-47-46(38)50-45/h1-28H. The molecule has 0 fully saturated rings. The molecule has 0 N–H and O–H groups in total. The summed E-state index contributed by atoms with van der Waals surface area (Å²) in [5.74, 6) is 0. The fraction of sp³-hybridized carbons (Fsp3) is 0. The number of hydrogen-bond acceptors (Lipinski definition) is 4. The predicted molar refractivity (Wildman–Crippen MR) is 204 cm³/mol. The van der Waals surface area contributed by atoms with Crippen molar-refractivity contribution in [3.05, 3.63) is 170 Å². The number of furan rings is 2. The van der Waals surface area contributed by atoms with Crippen LogP contribution in [-0.4, -0.2) is 9.97 Å². The van der Waals surface area contributed by atoms with Gasteiger partial charge in [0.2, 0.25) is 5.71 Å². The van der Waals surface area contributed by atoms with Gasteiger partial charge in [-0.2, -0.15) is 0 Å². The average molecular weight is 641 g/mol. The number of benzene rings is 6. The summed E-state index contributed by atoms with van der Waals surface area (Å²) in [5.41, 5.74) is 14.2. The van der Waals surface area contributed by atoms with Crippen molar-refractivity contribution in [3.63, 3.8) is 0 Å². The predicted octanol–water partition coefficient (Wildman–Crippen LogP) is 12.6. The van der Waals surface area contributed by atoms with Crippen LogP contribution in [0.15, 0.2) is 179 Å². The molecule has 4 aromatic heterocycles. The summed E-state index contributed by atoms with van der Waals surface area (Å²) in [6.45, 7) is 0. The van der Waals surface area contributed by atoms with Crippen LogP contribution in [0.4, 0.5) is 0 Å². The molecule has 10 rings (SSSR count). The molecule has 0 saturated carbocycles. The van der Waals surface area contributed by atoms with Crippen LogP contribution in [0, 0.1) is 0 Å². The van der Waals surface area contributed by atoms with Gasteiger partial charge in [-0.25, -0.2) is 9.97 Å². The van der Waals surface area contributed by atoms with Crippen LogP contribution >= 0.6 is 0 Å². The Bertz CT molecular complexity index is 2700. The lowest BCUT2D eigenvalue weighted by Crippen LogP contribution is -1.89. The third-order valence-electron chi connectivity index (χ3n) is 9.55. The summed E-state index contributed by atoms with van der Waals surface area (Å²) in [6, 6.07) is 57.1. The fourth-order valence-corrected chi connectivity index (χ4v) is 7.05. The highest BCUT2D eigenvalue weighted by atomic mass is 16.3. The van der Waals surface area contributed by atoms with E-state index in [4.69, 9.17) is 13.8 Å². The fourth-order valence-electron chi connectivity index (χ4n) is 7.05. The second kappa shape index (κ2) is 11.4. The number of rotatable bonds is 5. The van der Waals surface area contributed by atoms with E-state index in [9.17, 15) is 0 Å². The molecular weight excluding hydrogens is 613 g/mol. The smallest absolute Gasteiger partial charge is 0.227 e. The number of para-hydroxylation sites is 1. The van der Waals surface area contributed by atoms with Crippen molar-refractivity contribution in [1.82, 2.24) is 9.97 Å². The van der Waals surface area contributed by atoms with Gasteiger partial charge in [0.05, 0.1) is 11.4 Å². The van der Waals surface area contributed by atoms with Gasteiger partial charge in [0.1, 0.15) is 16.7 Å². The minimum atomic E-state index is 0.664. The highest BCUT2D eigenvalue weighted by Crippen LogP contribution is 2.36. The molecule has 6 aromatic carbocycles. The zero-order valence-corrected chi connectivity index (χ0v) is 26.9. The maximum absolute atomic E-state index is 6.06. The Labute approximate surface area is 287 Å². The number of hydrogen-bond donors (Lipinski definition) is 0. The summed E-state index contributed by atoms with van der Waals surface area (Å²) in [6.07, 6.45) is 1.76. The highest BCUT2D eigenvalue weighted by molar-refractivity contribution is 6.06. The van der Waals surface area contributed by atoms with Gasteiger partial charge in [-0.05, 0) is 106 Å². The monoisotopic (exact) mass is 640 g/mol. The third kappa shape index (κ3) is 4.85. The molecule has 0 unspecified atom stereocenters. The van der Waals surface area contributed by atoms with Crippen molar-refractivity contribution >= 4 is 44.0 Å². The lowest BCUT2D eigenvalue weighted by atomic mass is 9.96. The number of nitrogens with zero attached hydrogens (tertiary/aromatic N) is 2. The van der Waals surface area contributed by atoms with Crippen molar-refractivity contribution in [3.8, 4) is 55.9 Å². The van der Waals surface area contributed by atoms with E-state index in [1.165, 1.54) is 0 Å². The van der Waals surface area contributed by atoms with Gasteiger partial charge in [0.25, 0.3) is 0 Å². The lowest BCUT2D eigenvalue weighted by Gasteiger charge is -2.10. The van der Waals surface area contributed by atoms with Crippen LogP contribution in [0.25, 0.3) is 99.9 Å². The van der Waals surface area contributed by atoms with Gasteiger partial charge in [-0.1, -0.05) is 91.0 Å². The van der Waals surface area contributed by atoms with E-state index >= 15 is 0 Å². The topological polar surface area (TPSA) is 52.1 Å². The molecule has 0 aliphatic rings. The van der Waals surface area contributed by atoms with E-state index in [0.29, 0.717) is 5.71 Å². The molecule has 0 saturated heterocycles. The largest absolute Gasteiger partial charge is 0.456 e. The van der Waals surface area contributed by atoms with Crippen molar-refractivity contribution in [2.24, 2.45) is 0 Å². The van der Waals surface area contributed by atoms with Crippen LogP contribution in [0.1, 0.15) is 0 Å². The zero-order chi connectivity index (χ0) is 33.0. The van der Waals surface area contributed by atoms with Crippen molar-refractivity contribution in [2.45, 2.75) is 0 Å². The SMILES string of the molecule is c1cc(-c2cccc(-c3cccc(-c4cccc(-c5ccc6oc7ccccc7c6c5)c4)n3)c2)cc(-c2ccc3oc4ncccc4c3c2)c1. The Kier molecular flexibility index (Phi) is 6.46. The summed E-state index contributed by atoms with van der Waals surface area (Å²) >= 11 is 0. The molecule has 0 aliphatic carbocycles. The normalized spacial score (nSPS) is 11.6. The molecule has 0 amide bonds. The molecule has 0 atom stereocenters. The van der Waals surface area contributed by atoms with Gasteiger partial charge in [-0.15, -0.1) is 0 Å². The van der Waals surface area contributed by atoms with E-state index in [0.717, 1.165) is 94.2 Å².